The summed E-state index contributed by atoms with van der Waals surface area (Å²) < 4.78 is 10.5. The fourth-order valence-corrected chi connectivity index (χ4v) is 9.67. The SMILES string of the molecule is CC(C)(C)c1ccc2c(c1)B1c3cc(C(C)(C)C)ccc3-n3c4ccccc4sc4cc5sc6ccccc6n-2c5c1c43. The lowest BCUT2D eigenvalue weighted by molar-refractivity contribution is 0.590. The average Bonchev–Trinajstić information content (AvgIpc) is 2.98. The van der Waals surface area contributed by atoms with Gasteiger partial charge < -0.3 is 9.13 Å². The first-order chi connectivity index (χ1) is 20.6. The molecule has 0 spiro atoms. The van der Waals surface area contributed by atoms with Gasteiger partial charge in [0.05, 0.1) is 40.9 Å². The summed E-state index contributed by atoms with van der Waals surface area (Å²) in [5, 5.41) is 0. The molecule has 210 valence electrons. The van der Waals surface area contributed by atoms with E-state index in [2.05, 4.69) is 142 Å². The molecule has 2 aromatic heterocycles. The van der Waals surface area contributed by atoms with Gasteiger partial charge in [-0.3, -0.25) is 0 Å². The minimum Gasteiger partial charge on any atom is -0.309 e. The van der Waals surface area contributed by atoms with Crippen molar-refractivity contribution < 1.29 is 0 Å². The first-order valence-corrected chi connectivity index (χ1v) is 16.9. The van der Waals surface area contributed by atoms with Gasteiger partial charge in [-0.15, -0.1) is 22.7 Å². The first-order valence-electron chi connectivity index (χ1n) is 15.2. The van der Waals surface area contributed by atoms with E-state index in [0.29, 0.717) is 0 Å². The zero-order chi connectivity index (χ0) is 29.4. The molecular weight excluding hydrogens is 559 g/mol. The van der Waals surface area contributed by atoms with Crippen molar-refractivity contribution in [3.05, 3.63) is 102 Å². The molecule has 0 aliphatic carbocycles. The highest BCUT2D eigenvalue weighted by Gasteiger charge is 2.41. The highest BCUT2D eigenvalue weighted by molar-refractivity contribution is 7.27. The van der Waals surface area contributed by atoms with Crippen molar-refractivity contribution >= 4 is 86.6 Å². The van der Waals surface area contributed by atoms with E-state index >= 15 is 0 Å². The summed E-state index contributed by atoms with van der Waals surface area (Å²) in [6.45, 7) is 14.2. The molecule has 0 atom stereocenters. The summed E-state index contributed by atoms with van der Waals surface area (Å²) in [5.74, 6) is 0. The van der Waals surface area contributed by atoms with Crippen LogP contribution in [0.2, 0.25) is 0 Å². The van der Waals surface area contributed by atoms with E-state index in [9.17, 15) is 0 Å². The van der Waals surface area contributed by atoms with Crippen LogP contribution in [0, 0.1) is 0 Å². The van der Waals surface area contributed by atoms with Gasteiger partial charge in [-0.05, 0) is 80.8 Å². The molecule has 9 rings (SSSR count). The maximum Gasteiger partial charge on any atom is 0.252 e. The summed E-state index contributed by atoms with van der Waals surface area (Å²) in [5.41, 5.74) is 15.1. The van der Waals surface area contributed by atoms with Gasteiger partial charge in [0, 0.05) is 11.4 Å². The Balaban J connectivity index is 1.58. The van der Waals surface area contributed by atoms with Crippen molar-refractivity contribution in [3.63, 3.8) is 0 Å². The molecular formula is C38H33BN2S2. The lowest BCUT2D eigenvalue weighted by Gasteiger charge is -2.37. The predicted molar refractivity (Wildman–Crippen MR) is 191 cm³/mol. The molecule has 0 radical (unpaired) electrons. The van der Waals surface area contributed by atoms with Gasteiger partial charge in [0.2, 0.25) is 0 Å². The molecule has 5 aromatic carbocycles. The molecule has 5 heteroatoms. The van der Waals surface area contributed by atoms with Crippen molar-refractivity contribution in [3.8, 4) is 11.4 Å². The van der Waals surface area contributed by atoms with Gasteiger partial charge in [0.15, 0.2) is 0 Å². The third-order valence-electron chi connectivity index (χ3n) is 9.52. The lowest BCUT2D eigenvalue weighted by Crippen LogP contribution is -2.60. The summed E-state index contributed by atoms with van der Waals surface area (Å²) in [4.78, 5) is 0. The molecule has 0 N–H and O–H groups in total. The first kappa shape index (κ1) is 25.7. The molecule has 0 fully saturated rings. The molecule has 43 heavy (non-hydrogen) atoms. The van der Waals surface area contributed by atoms with Crippen molar-refractivity contribution in [1.29, 1.82) is 0 Å². The van der Waals surface area contributed by atoms with E-state index in [1.165, 1.54) is 79.8 Å². The molecule has 2 aliphatic rings. The zero-order valence-corrected chi connectivity index (χ0v) is 27.1. The van der Waals surface area contributed by atoms with Crippen LogP contribution in [0.1, 0.15) is 52.7 Å². The second-order valence-electron chi connectivity index (χ2n) is 14.3. The van der Waals surface area contributed by atoms with Crippen molar-refractivity contribution in [2.24, 2.45) is 0 Å². The number of fused-ring (bicyclic) bond motifs is 10. The Kier molecular flexibility index (Phi) is 5.03. The second kappa shape index (κ2) is 8.43. The van der Waals surface area contributed by atoms with Crippen molar-refractivity contribution in [2.45, 2.75) is 52.4 Å². The molecule has 2 aliphatic heterocycles. The number of benzene rings is 5. The van der Waals surface area contributed by atoms with Crippen LogP contribution in [0.4, 0.5) is 0 Å². The van der Waals surface area contributed by atoms with Gasteiger partial charge in [-0.1, -0.05) is 90.1 Å². The third-order valence-corrected chi connectivity index (χ3v) is 11.7. The van der Waals surface area contributed by atoms with Gasteiger partial charge in [-0.25, -0.2) is 0 Å². The fourth-order valence-electron chi connectivity index (χ4n) is 7.35. The lowest BCUT2D eigenvalue weighted by atomic mass is 9.34. The molecule has 4 heterocycles. The number of hydrogen-bond acceptors (Lipinski definition) is 2. The van der Waals surface area contributed by atoms with Gasteiger partial charge in [0.1, 0.15) is 0 Å². The minimum absolute atomic E-state index is 0.0534. The van der Waals surface area contributed by atoms with E-state index in [1.807, 2.05) is 22.7 Å². The molecule has 7 aromatic rings. The highest BCUT2D eigenvalue weighted by Crippen LogP contribution is 2.41. The largest absolute Gasteiger partial charge is 0.309 e. The summed E-state index contributed by atoms with van der Waals surface area (Å²) >= 11 is 3.86. The van der Waals surface area contributed by atoms with Crippen LogP contribution in [-0.2, 0) is 10.8 Å². The summed E-state index contributed by atoms with van der Waals surface area (Å²) in [7, 11) is 0. The van der Waals surface area contributed by atoms with Crippen LogP contribution < -0.4 is 16.4 Å². The van der Waals surface area contributed by atoms with E-state index < -0.39 is 0 Å². The Bertz CT molecular complexity index is 2220. The quantitative estimate of drug-likeness (QED) is 0.123. The molecule has 0 amide bonds. The number of para-hydroxylation sites is 2. The summed E-state index contributed by atoms with van der Waals surface area (Å²) in [6.07, 6.45) is 0. The maximum atomic E-state index is 2.58. The number of nitrogens with zero attached hydrogens (tertiary/aromatic N) is 2. The van der Waals surface area contributed by atoms with E-state index in [0.717, 1.165) is 0 Å². The van der Waals surface area contributed by atoms with Crippen LogP contribution in [0.25, 0.3) is 52.2 Å². The van der Waals surface area contributed by atoms with Gasteiger partial charge >= 0.3 is 0 Å². The van der Waals surface area contributed by atoms with E-state index in [1.54, 1.807) is 0 Å². The van der Waals surface area contributed by atoms with Crippen molar-refractivity contribution in [2.75, 3.05) is 0 Å². The van der Waals surface area contributed by atoms with Crippen LogP contribution >= 0.6 is 22.7 Å². The van der Waals surface area contributed by atoms with Crippen LogP contribution in [0.3, 0.4) is 0 Å². The Hall–Kier alpha value is -3.80. The Morgan fingerprint density at radius 3 is 1.40 bits per heavy atom. The number of hydrogen-bond donors (Lipinski definition) is 0. The molecule has 0 unspecified atom stereocenters. The van der Waals surface area contributed by atoms with E-state index in [4.69, 9.17) is 0 Å². The standard InChI is InChI=1S/C38H33BN2S2/c1-37(2,3)22-15-17-26-24(19-22)39-25-20-23(38(4,5)6)16-18-27(25)41-29-12-8-10-14-31(29)43-33-21-32-35(34(39)36(33)41)40(26)28-11-7-9-13-30(28)42-32/h7-21H,1-6H3. The zero-order valence-electron chi connectivity index (χ0n) is 25.4. The van der Waals surface area contributed by atoms with Crippen LogP contribution in [0.5, 0.6) is 0 Å². The van der Waals surface area contributed by atoms with Crippen LogP contribution in [-0.4, -0.2) is 15.8 Å². The van der Waals surface area contributed by atoms with Gasteiger partial charge in [-0.2, -0.15) is 0 Å². The topological polar surface area (TPSA) is 9.86 Å². The van der Waals surface area contributed by atoms with Crippen LogP contribution in [0.15, 0.2) is 91.0 Å². The highest BCUT2D eigenvalue weighted by atomic mass is 32.1. The molecule has 0 saturated heterocycles. The minimum atomic E-state index is 0.0534. The molecule has 0 bridgehead atoms. The Morgan fingerprint density at radius 1 is 0.512 bits per heavy atom. The monoisotopic (exact) mass is 592 g/mol. The van der Waals surface area contributed by atoms with Crippen molar-refractivity contribution in [1.82, 2.24) is 9.13 Å². The number of rotatable bonds is 0. The van der Waals surface area contributed by atoms with Gasteiger partial charge in [0.25, 0.3) is 6.71 Å². The smallest absolute Gasteiger partial charge is 0.252 e. The average molecular weight is 593 g/mol. The fraction of sp³-hybridized carbons (Fsp3) is 0.211. The molecule has 2 nitrogen and oxygen atoms in total. The maximum absolute atomic E-state index is 2.58. The second-order valence-corrected chi connectivity index (χ2v) is 16.4. The number of aromatic nitrogens is 2. The molecule has 0 saturated carbocycles. The normalized spacial score (nSPS) is 13.8. The Morgan fingerprint density at radius 2 is 0.953 bits per heavy atom. The Labute approximate surface area is 260 Å². The third kappa shape index (κ3) is 3.47. The summed E-state index contributed by atoms with van der Waals surface area (Å²) in [6, 6.07) is 34.9. The van der Waals surface area contributed by atoms with E-state index in [-0.39, 0.29) is 17.5 Å². The predicted octanol–water partition coefficient (Wildman–Crippen LogP) is 8.87.